The van der Waals surface area contributed by atoms with Crippen molar-refractivity contribution in [3.63, 3.8) is 0 Å². The van der Waals surface area contributed by atoms with Crippen LogP contribution < -0.4 is 0 Å². The molecule has 0 radical (unpaired) electrons. The second kappa shape index (κ2) is 25.2. The Bertz CT molecular complexity index is 1640. The summed E-state index contributed by atoms with van der Waals surface area (Å²) in [5.74, 6) is 0.486. The third kappa shape index (κ3) is 19.2. The molecule has 0 aliphatic heterocycles. The molecule has 52 heavy (non-hydrogen) atoms. The number of benzene rings is 2. The lowest BCUT2D eigenvalue weighted by molar-refractivity contribution is 0.465. The molecule has 0 saturated carbocycles. The van der Waals surface area contributed by atoms with Crippen molar-refractivity contribution < 1.29 is 10.2 Å². The molecule has 0 bridgehead atoms. The average Bonchev–Trinajstić information content (AvgIpc) is 3.09. The van der Waals surface area contributed by atoms with Gasteiger partial charge in [-0.05, 0) is 165 Å². The molecule has 284 valence electrons. The van der Waals surface area contributed by atoms with Crippen molar-refractivity contribution >= 4 is 10.8 Å². The summed E-state index contributed by atoms with van der Waals surface area (Å²) >= 11 is 0. The molecule has 2 N–H and O–H groups in total. The quantitative estimate of drug-likeness (QED) is 0.0893. The van der Waals surface area contributed by atoms with Gasteiger partial charge in [-0.2, -0.15) is 0 Å². The average molecular weight is 705 g/mol. The lowest BCUT2D eigenvalue weighted by Crippen LogP contribution is -1.88. The highest BCUT2D eigenvalue weighted by atomic mass is 16.3. The summed E-state index contributed by atoms with van der Waals surface area (Å²) < 4.78 is 0. The van der Waals surface area contributed by atoms with E-state index in [2.05, 4.69) is 111 Å². The summed E-state index contributed by atoms with van der Waals surface area (Å²) in [7, 11) is 0. The van der Waals surface area contributed by atoms with Gasteiger partial charge < -0.3 is 10.2 Å². The molecule has 2 heteroatoms. The van der Waals surface area contributed by atoms with Crippen LogP contribution in [0.2, 0.25) is 0 Å². The highest BCUT2D eigenvalue weighted by Crippen LogP contribution is 2.35. The standard InChI is InChI=1S/C50H72O2/c1-38(2)19-12-20-39(3)21-13-22-40(4)23-14-24-41(5)25-15-26-42(6)27-16-28-43(7)29-17-30-44(8)31-18-32-45(9)35-36-46-37-49(51)47-33-10-11-34-48(47)50(46)52/h10-11,19,21,23,25,27,29,31,33-35,37,51-52H,12-18,20,22,24,26,28,30,32,36H2,1-9H3. The largest absolute Gasteiger partial charge is 0.507 e. The van der Waals surface area contributed by atoms with E-state index in [-0.39, 0.29) is 11.5 Å². The van der Waals surface area contributed by atoms with Crippen LogP contribution in [0, 0.1) is 0 Å². The first-order chi connectivity index (χ1) is 24.8. The molecule has 2 aromatic carbocycles. The molecule has 0 aromatic heterocycles. The van der Waals surface area contributed by atoms with Crippen LogP contribution in [0.25, 0.3) is 10.8 Å². The van der Waals surface area contributed by atoms with Crippen molar-refractivity contribution in [2.45, 2.75) is 159 Å². The summed E-state index contributed by atoms with van der Waals surface area (Å²) in [5, 5.41) is 22.5. The lowest BCUT2D eigenvalue weighted by atomic mass is 10.00. The van der Waals surface area contributed by atoms with Crippen LogP contribution in [0.1, 0.15) is 158 Å². The maximum atomic E-state index is 10.7. The van der Waals surface area contributed by atoms with E-state index in [1.54, 1.807) is 6.07 Å². The normalized spacial score (nSPS) is 14.1. The van der Waals surface area contributed by atoms with Gasteiger partial charge in [0.05, 0.1) is 0 Å². The number of hydrogen-bond acceptors (Lipinski definition) is 2. The number of fused-ring (bicyclic) bond motifs is 1. The number of aromatic hydroxyl groups is 2. The second-order valence-corrected chi connectivity index (χ2v) is 15.6. The third-order valence-corrected chi connectivity index (χ3v) is 10.0. The van der Waals surface area contributed by atoms with Crippen LogP contribution in [0.5, 0.6) is 11.5 Å². The van der Waals surface area contributed by atoms with E-state index < -0.39 is 0 Å². The van der Waals surface area contributed by atoms with Gasteiger partial charge in [-0.15, -0.1) is 0 Å². The molecule has 0 spiro atoms. The Balaban J connectivity index is 1.61. The van der Waals surface area contributed by atoms with Gasteiger partial charge in [0.2, 0.25) is 0 Å². The van der Waals surface area contributed by atoms with Crippen LogP contribution in [0.4, 0.5) is 0 Å². The molecule has 2 nitrogen and oxygen atoms in total. The summed E-state index contributed by atoms with van der Waals surface area (Å²) in [5.41, 5.74) is 12.5. The molecule has 0 amide bonds. The zero-order valence-electron chi connectivity index (χ0n) is 34.5. The number of hydrogen-bond donors (Lipinski definition) is 2. The van der Waals surface area contributed by atoms with Crippen molar-refractivity contribution in [2.75, 3.05) is 0 Å². The Morgan fingerprint density at radius 3 is 1.08 bits per heavy atom. The van der Waals surface area contributed by atoms with Gasteiger partial charge in [-0.3, -0.25) is 0 Å². The smallest absolute Gasteiger partial charge is 0.127 e. The zero-order chi connectivity index (χ0) is 38.3. The highest BCUT2D eigenvalue weighted by Gasteiger charge is 2.09. The maximum absolute atomic E-state index is 10.7. The Morgan fingerprint density at radius 1 is 0.423 bits per heavy atom. The van der Waals surface area contributed by atoms with Crippen LogP contribution >= 0.6 is 0 Å². The molecule has 0 atom stereocenters. The molecule has 0 aliphatic carbocycles. The van der Waals surface area contributed by atoms with E-state index in [1.807, 2.05) is 24.3 Å². The van der Waals surface area contributed by atoms with E-state index in [9.17, 15) is 10.2 Å². The lowest BCUT2D eigenvalue weighted by Gasteiger charge is -2.09. The first-order valence-electron chi connectivity index (χ1n) is 20.0. The van der Waals surface area contributed by atoms with Gasteiger partial charge in [0.1, 0.15) is 11.5 Å². The predicted molar refractivity (Wildman–Crippen MR) is 231 cm³/mol. The van der Waals surface area contributed by atoms with Gasteiger partial charge >= 0.3 is 0 Å². The summed E-state index contributed by atoms with van der Waals surface area (Å²) in [6.07, 6.45) is 35.5. The first-order valence-corrected chi connectivity index (χ1v) is 20.0. The van der Waals surface area contributed by atoms with E-state index in [4.69, 9.17) is 0 Å². The topological polar surface area (TPSA) is 40.5 Å². The predicted octanol–water partition coefficient (Wildman–Crippen LogP) is 15.8. The number of phenolic OH excluding ortho intramolecular Hbond substituents is 2. The molecule has 0 fully saturated rings. The highest BCUT2D eigenvalue weighted by molar-refractivity contribution is 5.94. The Hall–Kier alpha value is -3.78. The molecular formula is C50H72O2. The first kappa shape index (κ1) is 44.4. The van der Waals surface area contributed by atoms with Crippen molar-refractivity contribution in [3.8, 4) is 11.5 Å². The van der Waals surface area contributed by atoms with Gasteiger partial charge in [0, 0.05) is 16.3 Å². The van der Waals surface area contributed by atoms with Crippen LogP contribution in [0.3, 0.4) is 0 Å². The van der Waals surface area contributed by atoms with Gasteiger partial charge in [0.15, 0.2) is 0 Å². The second-order valence-electron chi connectivity index (χ2n) is 15.6. The molecule has 0 aliphatic rings. The van der Waals surface area contributed by atoms with Crippen molar-refractivity contribution in [2.24, 2.45) is 0 Å². The Kier molecular flexibility index (Phi) is 21.5. The summed E-state index contributed by atoms with van der Waals surface area (Å²) in [6, 6.07) is 9.13. The Morgan fingerprint density at radius 2 is 0.731 bits per heavy atom. The van der Waals surface area contributed by atoms with E-state index in [1.165, 1.54) is 63.8 Å². The van der Waals surface area contributed by atoms with Crippen LogP contribution in [0.15, 0.2) is 124 Å². The number of rotatable bonds is 23. The van der Waals surface area contributed by atoms with E-state index in [0.29, 0.717) is 17.2 Å². The van der Waals surface area contributed by atoms with Gasteiger partial charge in [-0.25, -0.2) is 0 Å². The van der Waals surface area contributed by atoms with Crippen molar-refractivity contribution in [1.82, 2.24) is 0 Å². The monoisotopic (exact) mass is 705 g/mol. The third-order valence-electron chi connectivity index (χ3n) is 10.0. The molecule has 0 heterocycles. The van der Waals surface area contributed by atoms with Crippen LogP contribution in [-0.4, -0.2) is 10.2 Å². The van der Waals surface area contributed by atoms with Crippen LogP contribution in [-0.2, 0) is 6.42 Å². The molecule has 2 rings (SSSR count). The van der Waals surface area contributed by atoms with E-state index in [0.717, 1.165) is 76.2 Å². The number of phenols is 2. The van der Waals surface area contributed by atoms with Gasteiger partial charge in [0.25, 0.3) is 0 Å². The summed E-state index contributed by atoms with van der Waals surface area (Å²) in [4.78, 5) is 0. The van der Waals surface area contributed by atoms with Crippen molar-refractivity contribution in [1.29, 1.82) is 0 Å². The fourth-order valence-electron chi connectivity index (χ4n) is 6.42. The molecule has 2 aromatic rings. The summed E-state index contributed by atoms with van der Waals surface area (Å²) in [6.45, 7) is 20.2. The van der Waals surface area contributed by atoms with Gasteiger partial charge in [-0.1, -0.05) is 117 Å². The SMILES string of the molecule is CC(C)=CCCC(C)=CCCC(C)=CCCC(C)=CCCC(C)=CCCC(C)=CCCC(C)=CCCC(C)=CCc1cc(O)c2ccccc2c1O. The minimum Gasteiger partial charge on any atom is -0.507 e. The fourth-order valence-corrected chi connectivity index (χ4v) is 6.42. The minimum atomic E-state index is 0.221. The fraction of sp³-hybridized carbons (Fsp3) is 0.480. The Labute approximate surface area is 319 Å². The van der Waals surface area contributed by atoms with E-state index >= 15 is 0 Å². The molecule has 0 unspecified atom stereocenters. The molecular weight excluding hydrogens is 633 g/mol. The molecule has 0 saturated heterocycles. The minimum absolute atomic E-state index is 0.221. The zero-order valence-corrected chi connectivity index (χ0v) is 34.5. The number of allylic oxidation sites excluding steroid dienone is 16. The maximum Gasteiger partial charge on any atom is 0.127 e. The van der Waals surface area contributed by atoms with Crippen molar-refractivity contribution in [3.05, 3.63) is 129 Å².